The number of nitrogens with zero attached hydrogens (tertiary/aromatic N) is 1. The second-order valence-corrected chi connectivity index (χ2v) is 6.10. The monoisotopic (exact) mass is 335 g/mol. The van der Waals surface area contributed by atoms with E-state index in [0.29, 0.717) is 12.3 Å². The van der Waals surface area contributed by atoms with Crippen LogP contribution in [0.1, 0.15) is 61.4 Å². The van der Waals surface area contributed by atoms with Crippen LogP contribution in [-0.4, -0.2) is 37.2 Å². The molecule has 0 bridgehead atoms. The van der Waals surface area contributed by atoms with E-state index in [2.05, 4.69) is 6.92 Å². The summed E-state index contributed by atoms with van der Waals surface area (Å²) in [5.41, 5.74) is 1.42. The van der Waals surface area contributed by atoms with E-state index in [0.717, 1.165) is 18.4 Å². The van der Waals surface area contributed by atoms with Gasteiger partial charge in [0.15, 0.2) is 0 Å². The summed E-state index contributed by atoms with van der Waals surface area (Å²) in [4.78, 5) is 24.9. The Hall–Kier alpha value is -1.88. The smallest absolute Gasteiger partial charge is 0.337 e. The number of benzene rings is 1. The van der Waals surface area contributed by atoms with Gasteiger partial charge in [-0.05, 0) is 31.0 Å². The topological polar surface area (TPSA) is 66.8 Å². The number of carboxylic acid groups (broad SMARTS) is 1. The van der Waals surface area contributed by atoms with Gasteiger partial charge in [-0.2, -0.15) is 0 Å². The van der Waals surface area contributed by atoms with Gasteiger partial charge in [-0.15, -0.1) is 0 Å². The summed E-state index contributed by atoms with van der Waals surface area (Å²) >= 11 is 0. The van der Waals surface area contributed by atoms with Crippen LogP contribution < -0.4 is 4.90 Å². The molecule has 1 amide bonds. The van der Waals surface area contributed by atoms with E-state index < -0.39 is 5.97 Å². The highest BCUT2D eigenvalue weighted by Gasteiger charge is 2.18. The number of likely N-dealkylation sites (N-methyl/N-ethyl adjacent to an activating group) is 1. The van der Waals surface area contributed by atoms with E-state index in [1.54, 1.807) is 19.2 Å². The zero-order chi connectivity index (χ0) is 17.9. The normalized spacial score (nSPS) is 10.6. The Morgan fingerprint density at radius 3 is 2.46 bits per heavy atom. The summed E-state index contributed by atoms with van der Waals surface area (Å²) in [6.45, 7) is 4.58. The first-order valence-electron chi connectivity index (χ1n) is 8.65. The molecular formula is C19H29NO4. The molecule has 0 heterocycles. The van der Waals surface area contributed by atoms with Crippen LogP contribution in [0.15, 0.2) is 18.2 Å². The summed E-state index contributed by atoms with van der Waals surface area (Å²) in [6, 6.07) is 4.95. The molecular weight excluding hydrogens is 306 g/mol. The van der Waals surface area contributed by atoms with Crippen LogP contribution in [0.3, 0.4) is 0 Å². The summed E-state index contributed by atoms with van der Waals surface area (Å²) in [7, 11) is 1.58. The van der Waals surface area contributed by atoms with Gasteiger partial charge in [0.05, 0.1) is 11.3 Å². The first-order valence-corrected chi connectivity index (χ1v) is 8.65. The van der Waals surface area contributed by atoms with Crippen molar-refractivity contribution in [1.29, 1.82) is 0 Å². The zero-order valence-corrected chi connectivity index (χ0v) is 15.0. The lowest BCUT2D eigenvalue weighted by Crippen LogP contribution is -2.31. The van der Waals surface area contributed by atoms with Crippen molar-refractivity contribution in [2.24, 2.45) is 0 Å². The second-order valence-electron chi connectivity index (χ2n) is 6.10. The summed E-state index contributed by atoms with van der Waals surface area (Å²) < 4.78 is 5.44. The number of aryl methyl sites for hydroxylation is 1. The number of carbonyl (C=O) groups is 2. The van der Waals surface area contributed by atoms with Gasteiger partial charge in [0.25, 0.3) is 5.91 Å². The Morgan fingerprint density at radius 2 is 1.79 bits per heavy atom. The van der Waals surface area contributed by atoms with Gasteiger partial charge in [0.2, 0.25) is 0 Å². The predicted molar refractivity (Wildman–Crippen MR) is 95.7 cm³/mol. The SMILES string of the molecule is CCCCCCCCOCC(=O)N(C)c1cc(C)ccc1C(=O)O. The quantitative estimate of drug-likeness (QED) is 0.620. The Bertz CT molecular complexity index is 542. The van der Waals surface area contributed by atoms with Gasteiger partial charge in [-0.25, -0.2) is 4.79 Å². The number of amides is 1. The van der Waals surface area contributed by atoms with Crippen LogP contribution in [0.4, 0.5) is 5.69 Å². The number of hydrogen-bond donors (Lipinski definition) is 1. The standard InChI is InChI=1S/C19H29NO4/c1-4-5-6-7-8-9-12-24-14-18(21)20(3)17-13-15(2)10-11-16(17)19(22)23/h10-11,13H,4-9,12,14H2,1-3H3,(H,22,23). The predicted octanol–water partition coefficient (Wildman–Crippen LogP) is 4.03. The number of rotatable bonds is 11. The molecule has 0 saturated carbocycles. The maximum atomic E-state index is 12.2. The molecule has 0 aliphatic carbocycles. The van der Waals surface area contributed by atoms with Crippen molar-refractivity contribution in [3.8, 4) is 0 Å². The van der Waals surface area contributed by atoms with E-state index in [9.17, 15) is 14.7 Å². The van der Waals surface area contributed by atoms with Gasteiger partial charge in [0.1, 0.15) is 6.61 Å². The number of aromatic carboxylic acids is 1. The molecule has 0 atom stereocenters. The van der Waals surface area contributed by atoms with Crippen LogP contribution in [0.25, 0.3) is 0 Å². The van der Waals surface area contributed by atoms with Crippen molar-refractivity contribution in [3.05, 3.63) is 29.3 Å². The van der Waals surface area contributed by atoms with Crippen molar-refractivity contribution in [3.63, 3.8) is 0 Å². The molecule has 5 heteroatoms. The van der Waals surface area contributed by atoms with Crippen LogP contribution in [0.2, 0.25) is 0 Å². The fourth-order valence-corrected chi connectivity index (χ4v) is 2.48. The molecule has 0 aliphatic rings. The molecule has 1 rings (SSSR count). The molecule has 134 valence electrons. The van der Waals surface area contributed by atoms with Gasteiger partial charge in [0, 0.05) is 13.7 Å². The molecule has 0 unspecified atom stereocenters. The van der Waals surface area contributed by atoms with Crippen LogP contribution in [-0.2, 0) is 9.53 Å². The average molecular weight is 335 g/mol. The van der Waals surface area contributed by atoms with E-state index in [4.69, 9.17) is 4.74 Å². The third-order valence-electron chi connectivity index (χ3n) is 3.99. The lowest BCUT2D eigenvalue weighted by Gasteiger charge is -2.20. The van der Waals surface area contributed by atoms with E-state index in [1.807, 2.05) is 6.92 Å². The number of anilines is 1. The highest BCUT2D eigenvalue weighted by molar-refractivity contribution is 6.02. The Morgan fingerprint density at radius 1 is 1.12 bits per heavy atom. The third-order valence-corrected chi connectivity index (χ3v) is 3.99. The number of carbonyl (C=O) groups excluding carboxylic acids is 1. The first kappa shape index (κ1) is 20.2. The average Bonchev–Trinajstić information content (AvgIpc) is 2.56. The Balaban J connectivity index is 2.43. The van der Waals surface area contributed by atoms with E-state index in [1.165, 1.54) is 36.6 Å². The zero-order valence-electron chi connectivity index (χ0n) is 15.0. The van der Waals surface area contributed by atoms with Gasteiger partial charge in [-0.1, -0.05) is 45.1 Å². The molecule has 0 aromatic heterocycles. The summed E-state index contributed by atoms with van der Waals surface area (Å²) in [5.74, 6) is -1.29. The number of hydrogen-bond acceptors (Lipinski definition) is 3. The molecule has 5 nitrogen and oxygen atoms in total. The molecule has 0 radical (unpaired) electrons. The van der Waals surface area contributed by atoms with Crippen molar-refractivity contribution in [1.82, 2.24) is 0 Å². The third kappa shape index (κ3) is 6.71. The summed E-state index contributed by atoms with van der Waals surface area (Å²) in [5, 5.41) is 9.25. The van der Waals surface area contributed by atoms with Gasteiger partial charge < -0.3 is 14.7 Å². The van der Waals surface area contributed by atoms with Crippen molar-refractivity contribution < 1.29 is 19.4 Å². The maximum absolute atomic E-state index is 12.2. The van der Waals surface area contributed by atoms with E-state index in [-0.39, 0.29) is 18.1 Å². The first-order chi connectivity index (χ1) is 11.5. The molecule has 0 spiro atoms. The number of unbranched alkanes of at least 4 members (excludes halogenated alkanes) is 5. The van der Waals surface area contributed by atoms with Crippen LogP contribution >= 0.6 is 0 Å². The molecule has 1 aromatic rings. The fourth-order valence-electron chi connectivity index (χ4n) is 2.48. The van der Waals surface area contributed by atoms with Crippen LogP contribution in [0.5, 0.6) is 0 Å². The maximum Gasteiger partial charge on any atom is 0.337 e. The molecule has 0 aliphatic heterocycles. The highest BCUT2D eigenvalue weighted by Crippen LogP contribution is 2.21. The van der Waals surface area contributed by atoms with Crippen LogP contribution in [0, 0.1) is 6.92 Å². The molecule has 1 aromatic carbocycles. The Labute approximate surface area is 144 Å². The van der Waals surface area contributed by atoms with Gasteiger partial charge >= 0.3 is 5.97 Å². The minimum Gasteiger partial charge on any atom is -0.478 e. The highest BCUT2D eigenvalue weighted by atomic mass is 16.5. The second kappa shape index (κ2) is 10.8. The molecule has 0 saturated heterocycles. The lowest BCUT2D eigenvalue weighted by molar-refractivity contribution is -0.122. The number of carboxylic acids is 1. The largest absolute Gasteiger partial charge is 0.478 e. The molecule has 24 heavy (non-hydrogen) atoms. The van der Waals surface area contributed by atoms with Crippen molar-refractivity contribution in [2.75, 3.05) is 25.2 Å². The Kier molecular flexibility index (Phi) is 9.08. The molecule has 0 fully saturated rings. The van der Waals surface area contributed by atoms with Gasteiger partial charge in [-0.3, -0.25) is 4.79 Å². The van der Waals surface area contributed by atoms with Crippen molar-refractivity contribution in [2.45, 2.75) is 52.4 Å². The fraction of sp³-hybridized carbons (Fsp3) is 0.579. The summed E-state index contributed by atoms with van der Waals surface area (Å²) in [6.07, 6.45) is 7.03. The number of ether oxygens (including phenoxy) is 1. The lowest BCUT2D eigenvalue weighted by atomic mass is 10.1. The van der Waals surface area contributed by atoms with E-state index >= 15 is 0 Å². The minimum absolute atomic E-state index is 0.0293. The van der Waals surface area contributed by atoms with Crippen molar-refractivity contribution >= 4 is 17.6 Å². The minimum atomic E-state index is -1.04. The molecule has 1 N–H and O–H groups in total.